The minimum absolute atomic E-state index is 0.146. The van der Waals surface area contributed by atoms with Gasteiger partial charge in [0.1, 0.15) is 0 Å². The summed E-state index contributed by atoms with van der Waals surface area (Å²) in [6, 6.07) is 22.2. The number of carbonyl (C=O) groups excluding carboxylic acids is 2. The van der Waals surface area contributed by atoms with Crippen molar-refractivity contribution in [1.29, 1.82) is 0 Å². The molecule has 1 unspecified atom stereocenters. The number of nitrogen functional groups attached to an aromatic ring is 1. The van der Waals surface area contributed by atoms with Crippen LogP contribution >= 0.6 is 11.6 Å². The van der Waals surface area contributed by atoms with E-state index in [1.165, 1.54) is 18.2 Å². The molecule has 0 aliphatic rings. The van der Waals surface area contributed by atoms with E-state index in [2.05, 4.69) is 5.32 Å². The average Bonchev–Trinajstić information content (AvgIpc) is 2.67. The van der Waals surface area contributed by atoms with Crippen molar-refractivity contribution >= 4 is 34.9 Å². The second-order valence-electron chi connectivity index (χ2n) is 5.78. The molecule has 0 saturated carbocycles. The monoisotopic (exact) mass is 380 g/mol. The first-order valence-electron chi connectivity index (χ1n) is 8.21. The largest absolute Gasteiger partial charge is 0.444 e. The van der Waals surface area contributed by atoms with Gasteiger partial charge in [-0.15, -0.1) is 0 Å². The van der Waals surface area contributed by atoms with E-state index >= 15 is 0 Å². The van der Waals surface area contributed by atoms with Gasteiger partial charge < -0.3 is 15.8 Å². The Morgan fingerprint density at radius 1 is 0.926 bits per heavy atom. The third-order valence-corrected chi connectivity index (χ3v) is 4.08. The van der Waals surface area contributed by atoms with Gasteiger partial charge in [-0.05, 0) is 30.3 Å². The fourth-order valence-corrected chi connectivity index (χ4v) is 2.70. The fraction of sp³-hybridized carbons (Fsp3) is 0.0476. The lowest BCUT2D eigenvalue weighted by molar-refractivity contribution is -0.125. The van der Waals surface area contributed by atoms with Crippen molar-refractivity contribution in [2.75, 3.05) is 11.1 Å². The van der Waals surface area contributed by atoms with Crippen LogP contribution in [0.4, 0.5) is 11.4 Å². The highest BCUT2D eigenvalue weighted by Crippen LogP contribution is 2.24. The molecule has 3 rings (SSSR count). The van der Waals surface area contributed by atoms with Gasteiger partial charge in [0.25, 0.3) is 5.91 Å². The molecule has 0 heterocycles. The minimum atomic E-state index is -1.13. The van der Waals surface area contributed by atoms with E-state index in [1.54, 1.807) is 48.5 Å². The lowest BCUT2D eigenvalue weighted by atomic mass is 10.1. The molecule has 1 amide bonds. The summed E-state index contributed by atoms with van der Waals surface area (Å²) >= 11 is 5.87. The number of esters is 1. The maximum Gasteiger partial charge on any atom is 0.341 e. The van der Waals surface area contributed by atoms with E-state index in [1.807, 2.05) is 12.1 Å². The molecule has 27 heavy (non-hydrogen) atoms. The van der Waals surface area contributed by atoms with Crippen LogP contribution in [0.2, 0.25) is 5.02 Å². The fourth-order valence-electron chi connectivity index (χ4n) is 2.52. The normalized spacial score (nSPS) is 11.4. The summed E-state index contributed by atoms with van der Waals surface area (Å²) in [5.74, 6) is -1.17. The van der Waals surface area contributed by atoms with Gasteiger partial charge in [0, 0.05) is 22.0 Å². The van der Waals surface area contributed by atoms with Crippen molar-refractivity contribution in [2.24, 2.45) is 0 Å². The van der Waals surface area contributed by atoms with Crippen molar-refractivity contribution in [3.05, 3.63) is 95.0 Å². The van der Waals surface area contributed by atoms with Crippen LogP contribution in [0.25, 0.3) is 0 Å². The highest BCUT2D eigenvalue weighted by molar-refractivity contribution is 6.31. The first kappa shape index (κ1) is 18.5. The third kappa shape index (κ3) is 4.65. The Morgan fingerprint density at radius 3 is 2.19 bits per heavy atom. The molecular weight excluding hydrogens is 364 g/mol. The number of carbonyl (C=O) groups is 2. The SMILES string of the molecule is Nc1cc(Cl)ccc1C(=O)OC(C(=O)Nc1ccccc1)c1ccccc1. The number of amides is 1. The van der Waals surface area contributed by atoms with Gasteiger partial charge in [-0.1, -0.05) is 60.1 Å². The number of anilines is 2. The third-order valence-electron chi connectivity index (χ3n) is 3.84. The molecule has 0 aliphatic carbocycles. The Labute approximate surface area is 161 Å². The molecule has 0 spiro atoms. The highest BCUT2D eigenvalue weighted by Gasteiger charge is 2.26. The summed E-state index contributed by atoms with van der Waals surface area (Å²) in [4.78, 5) is 25.4. The topological polar surface area (TPSA) is 81.4 Å². The van der Waals surface area contributed by atoms with E-state index in [-0.39, 0.29) is 11.3 Å². The van der Waals surface area contributed by atoms with E-state index in [0.29, 0.717) is 16.3 Å². The predicted molar refractivity (Wildman–Crippen MR) is 106 cm³/mol. The van der Waals surface area contributed by atoms with Crippen LogP contribution in [0.3, 0.4) is 0 Å². The van der Waals surface area contributed by atoms with Gasteiger partial charge in [0.05, 0.1) is 5.56 Å². The number of ether oxygens (including phenoxy) is 1. The number of hydrogen-bond donors (Lipinski definition) is 2. The molecule has 0 fully saturated rings. The molecule has 0 radical (unpaired) electrons. The van der Waals surface area contributed by atoms with E-state index in [4.69, 9.17) is 22.1 Å². The van der Waals surface area contributed by atoms with Crippen LogP contribution in [-0.4, -0.2) is 11.9 Å². The van der Waals surface area contributed by atoms with Gasteiger partial charge in [-0.3, -0.25) is 4.79 Å². The van der Waals surface area contributed by atoms with Crippen LogP contribution in [0.5, 0.6) is 0 Å². The molecule has 3 N–H and O–H groups in total. The smallest absolute Gasteiger partial charge is 0.341 e. The van der Waals surface area contributed by atoms with Crippen molar-refractivity contribution in [3.63, 3.8) is 0 Å². The number of para-hydroxylation sites is 1. The lowest BCUT2D eigenvalue weighted by Gasteiger charge is -2.18. The van der Waals surface area contributed by atoms with Crippen LogP contribution in [0, 0.1) is 0 Å². The molecule has 3 aromatic rings. The van der Waals surface area contributed by atoms with Crippen LogP contribution in [-0.2, 0) is 9.53 Å². The Kier molecular flexibility index (Phi) is 5.74. The molecule has 6 heteroatoms. The van der Waals surface area contributed by atoms with E-state index < -0.39 is 18.0 Å². The zero-order valence-electron chi connectivity index (χ0n) is 14.3. The minimum Gasteiger partial charge on any atom is -0.444 e. The number of rotatable bonds is 5. The van der Waals surface area contributed by atoms with Crippen LogP contribution in [0.15, 0.2) is 78.9 Å². The highest BCUT2D eigenvalue weighted by atomic mass is 35.5. The number of nitrogens with two attached hydrogens (primary N) is 1. The summed E-state index contributed by atoms with van der Waals surface area (Å²) < 4.78 is 5.50. The molecule has 3 aromatic carbocycles. The Bertz CT molecular complexity index is 946. The summed E-state index contributed by atoms with van der Waals surface area (Å²) in [6.07, 6.45) is -1.13. The summed E-state index contributed by atoms with van der Waals surface area (Å²) in [6.45, 7) is 0. The Morgan fingerprint density at radius 2 is 1.56 bits per heavy atom. The molecule has 136 valence electrons. The zero-order chi connectivity index (χ0) is 19.2. The number of nitrogens with one attached hydrogen (secondary N) is 1. The van der Waals surface area contributed by atoms with Gasteiger partial charge >= 0.3 is 5.97 Å². The second-order valence-corrected chi connectivity index (χ2v) is 6.22. The molecular formula is C21H17ClN2O3. The lowest BCUT2D eigenvalue weighted by Crippen LogP contribution is -2.26. The van der Waals surface area contributed by atoms with Crippen molar-refractivity contribution in [3.8, 4) is 0 Å². The number of hydrogen-bond acceptors (Lipinski definition) is 4. The molecule has 0 aromatic heterocycles. The number of halogens is 1. The molecule has 1 atom stereocenters. The summed E-state index contributed by atoms with van der Waals surface area (Å²) in [5, 5.41) is 3.16. The van der Waals surface area contributed by atoms with E-state index in [0.717, 1.165) is 0 Å². The first-order valence-corrected chi connectivity index (χ1v) is 8.59. The van der Waals surface area contributed by atoms with Crippen LogP contribution in [0.1, 0.15) is 22.0 Å². The number of benzene rings is 3. The van der Waals surface area contributed by atoms with Crippen LogP contribution < -0.4 is 11.1 Å². The average molecular weight is 381 g/mol. The van der Waals surface area contributed by atoms with Crippen molar-refractivity contribution in [2.45, 2.75) is 6.10 Å². The Balaban J connectivity index is 1.86. The maximum absolute atomic E-state index is 12.8. The van der Waals surface area contributed by atoms with Gasteiger partial charge in [-0.25, -0.2) is 4.79 Å². The Hall–Kier alpha value is -3.31. The van der Waals surface area contributed by atoms with Gasteiger partial charge in [-0.2, -0.15) is 0 Å². The summed E-state index contributed by atoms with van der Waals surface area (Å²) in [7, 11) is 0. The molecule has 0 aliphatic heterocycles. The van der Waals surface area contributed by atoms with Gasteiger partial charge in [0.15, 0.2) is 0 Å². The molecule has 5 nitrogen and oxygen atoms in total. The van der Waals surface area contributed by atoms with Crippen molar-refractivity contribution < 1.29 is 14.3 Å². The molecule has 0 bridgehead atoms. The second kappa shape index (κ2) is 8.38. The van der Waals surface area contributed by atoms with Gasteiger partial charge in [0.2, 0.25) is 6.10 Å². The van der Waals surface area contributed by atoms with Crippen molar-refractivity contribution in [1.82, 2.24) is 0 Å². The first-order chi connectivity index (χ1) is 13.0. The standard InChI is InChI=1S/C21H17ClN2O3/c22-15-11-12-17(18(23)13-15)21(26)27-19(14-7-3-1-4-8-14)20(25)24-16-9-5-2-6-10-16/h1-13,19H,23H2,(H,24,25). The quantitative estimate of drug-likeness (QED) is 0.505. The zero-order valence-corrected chi connectivity index (χ0v) is 15.0. The predicted octanol–water partition coefficient (Wildman–Crippen LogP) is 4.46. The maximum atomic E-state index is 12.8. The van der Waals surface area contributed by atoms with E-state index in [9.17, 15) is 9.59 Å². The summed E-state index contributed by atoms with van der Waals surface area (Å²) in [5.41, 5.74) is 7.33. The molecule has 0 saturated heterocycles.